The smallest absolute Gasteiger partial charge is 0.251 e. The van der Waals surface area contributed by atoms with Crippen molar-refractivity contribution in [1.82, 2.24) is 20.8 Å². The second-order valence-corrected chi connectivity index (χ2v) is 6.93. The van der Waals surface area contributed by atoms with E-state index in [1.54, 1.807) is 0 Å². The summed E-state index contributed by atoms with van der Waals surface area (Å²) in [6.45, 7) is 2.17. The van der Waals surface area contributed by atoms with Gasteiger partial charge < -0.3 is 10.6 Å². The lowest BCUT2D eigenvalue weighted by Gasteiger charge is -2.24. The van der Waals surface area contributed by atoms with E-state index in [1.165, 1.54) is 24.0 Å². The van der Waals surface area contributed by atoms with Crippen molar-refractivity contribution in [1.29, 1.82) is 0 Å². The lowest BCUT2D eigenvalue weighted by Crippen LogP contribution is -2.38. The highest BCUT2D eigenvalue weighted by Gasteiger charge is 2.22. The summed E-state index contributed by atoms with van der Waals surface area (Å²) in [6.07, 6.45) is 7.05. The first-order chi connectivity index (χ1) is 11.8. The SMILES string of the molecule is O=C(NC1CCc2cn[nH]c2C1)c1ccc(C2CCNCC2)cc1. The molecule has 0 spiro atoms. The lowest BCUT2D eigenvalue weighted by molar-refractivity contribution is 0.0933. The fourth-order valence-electron chi connectivity index (χ4n) is 3.86. The second kappa shape index (κ2) is 6.77. The Kier molecular flexibility index (Phi) is 4.34. The minimum absolute atomic E-state index is 0.0276. The number of aromatic nitrogens is 2. The van der Waals surface area contributed by atoms with Crippen LogP contribution in [0, 0.1) is 0 Å². The molecule has 0 saturated carbocycles. The number of nitrogens with one attached hydrogen (secondary N) is 3. The van der Waals surface area contributed by atoms with Gasteiger partial charge in [0, 0.05) is 23.7 Å². The number of carbonyl (C=O) groups is 1. The Morgan fingerprint density at radius 3 is 2.71 bits per heavy atom. The highest BCUT2D eigenvalue weighted by molar-refractivity contribution is 5.94. The average Bonchev–Trinajstić information content (AvgIpc) is 3.10. The van der Waals surface area contributed by atoms with Gasteiger partial charge in [0.1, 0.15) is 0 Å². The number of piperidine rings is 1. The van der Waals surface area contributed by atoms with E-state index in [4.69, 9.17) is 0 Å². The highest BCUT2D eigenvalue weighted by Crippen LogP contribution is 2.25. The normalized spacial score (nSPS) is 21.2. The van der Waals surface area contributed by atoms with Crippen LogP contribution in [0.2, 0.25) is 0 Å². The van der Waals surface area contributed by atoms with Crippen molar-refractivity contribution in [2.24, 2.45) is 0 Å². The predicted octanol–water partition coefficient (Wildman–Crippen LogP) is 2.16. The molecule has 5 heteroatoms. The van der Waals surface area contributed by atoms with Crippen molar-refractivity contribution in [3.8, 4) is 0 Å². The summed E-state index contributed by atoms with van der Waals surface area (Å²) in [5.41, 5.74) is 4.55. The first-order valence-electron chi connectivity index (χ1n) is 8.92. The van der Waals surface area contributed by atoms with Gasteiger partial charge in [-0.1, -0.05) is 12.1 Å². The molecule has 0 bridgehead atoms. The Bertz CT molecular complexity index is 700. The summed E-state index contributed by atoms with van der Waals surface area (Å²) >= 11 is 0. The molecule has 1 saturated heterocycles. The maximum Gasteiger partial charge on any atom is 0.251 e. The van der Waals surface area contributed by atoms with Gasteiger partial charge in [-0.2, -0.15) is 5.10 Å². The number of aromatic amines is 1. The Labute approximate surface area is 142 Å². The molecule has 1 unspecified atom stereocenters. The van der Waals surface area contributed by atoms with E-state index in [1.807, 2.05) is 18.3 Å². The topological polar surface area (TPSA) is 69.8 Å². The van der Waals surface area contributed by atoms with Gasteiger partial charge in [0.05, 0.1) is 6.20 Å². The summed E-state index contributed by atoms with van der Waals surface area (Å²) in [5, 5.41) is 13.7. The van der Waals surface area contributed by atoms with Crippen LogP contribution in [0.25, 0.3) is 0 Å². The zero-order chi connectivity index (χ0) is 16.4. The molecule has 1 aromatic carbocycles. The molecule has 24 heavy (non-hydrogen) atoms. The van der Waals surface area contributed by atoms with Crippen molar-refractivity contribution in [2.45, 2.75) is 44.1 Å². The third-order valence-corrected chi connectivity index (χ3v) is 5.34. The molecule has 1 aromatic heterocycles. The Morgan fingerprint density at radius 1 is 1.12 bits per heavy atom. The predicted molar refractivity (Wildman–Crippen MR) is 93.2 cm³/mol. The van der Waals surface area contributed by atoms with Crippen LogP contribution in [-0.2, 0) is 12.8 Å². The van der Waals surface area contributed by atoms with E-state index in [2.05, 4.69) is 33.0 Å². The summed E-state index contributed by atoms with van der Waals surface area (Å²) in [6, 6.07) is 8.38. The molecule has 126 valence electrons. The monoisotopic (exact) mass is 324 g/mol. The van der Waals surface area contributed by atoms with Crippen molar-refractivity contribution in [2.75, 3.05) is 13.1 Å². The molecule has 1 aliphatic heterocycles. The van der Waals surface area contributed by atoms with Crippen LogP contribution in [-0.4, -0.2) is 35.2 Å². The Hall–Kier alpha value is -2.14. The highest BCUT2D eigenvalue weighted by atomic mass is 16.1. The Morgan fingerprint density at radius 2 is 1.92 bits per heavy atom. The molecule has 5 nitrogen and oxygen atoms in total. The third kappa shape index (κ3) is 3.22. The molecule has 0 radical (unpaired) electrons. The van der Waals surface area contributed by atoms with E-state index < -0.39 is 0 Å². The van der Waals surface area contributed by atoms with Gasteiger partial charge >= 0.3 is 0 Å². The fraction of sp³-hybridized carbons (Fsp3) is 0.474. The number of carbonyl (C=O) groups excluding carboxylic acids is 1. The molecule has 1 aliphatic carbocycles. The standard InChI is InChI=1S/C19H24N4O/c24-19(22-17-6-5-16-12-21-23-18(16)11-17)15-3-1-13(2-4-15)14-7-9-20-10-8-14/h1-4,12,14,17,20H,5-11H2,(H,21,23)(H,22,24). The average molecular weight is 324 g/mol. The second-order valence-electron chi connectivity index (χ2n) is 6.93. The number of amides is 1. The molecular formula is C19H24N4O. The van der Waals surface area contributed by atoms with Crippen molar-refractivity contribution >= 4 is 5.91 Å². The zero-order valence-corrected chi connectivity index (χ0v) is 13.8. The van der Waals surface area contributed by atoms with E-state index in [0.717, 1.165) is 43.6 Å². The summed E-state index contributed by atoms with van der Waals surface area (Å²) < 4.78 is 0. The van der Waals surface area contributed by atoms with Crippen molar-refractivity contribution in [3.63, 3.8) is 0 Å². The van der Waals surface area contributed by atoms with Gasteiger partial charge in [0.15, 0.2) is 0 Å². The summed E-state index contributed by atoms with van der Waals surface area (Å²) in [5.74, 6) is 0.653. The molecule has 1 atom stereocenters. The summed E-state index contributed by atoms with van der Waals surface area (Å²) in [7, 11) is 0. The number of hydrogen-bond acceptors (Lipinski definition) is 3. The van der Waals surface area contributed by atoms with Crippen molar-refractivity contribution in [3.05, 3.63) is 52.8 Å². The number of fused-ring (bicyclic) bond motifs is 1. The number of H-pyrrole nitrogens is 1. The van der Waals surface area contributed by atoms with Crippen LogP contribution >= 0.6 is 0 Å². The minimum Gasteiger partial charge on any atom is -0.349 e. The van der Waals surface area contributed by atoms with Gasteiger partial charge in [-0.15, -0.1) is 0 Å². The Balaban J connectivity index is 1.38. The first kappa shape index (κ1) is 15.4. The number of nitrogens with zero attached hydrogens (tertiary/aromatic N) is 1. The van der Waals surface area contributed by atoms with Crippen LogP contribution in [0.5, 0.6) is 0 Å². The van der Waals surface area contributed by atoms with E-state index >= 15 is 0 Å². The van der Waals surface area contributed by atoms with Crippen LogP contribution in [0.1, 0.15) is 52.4 Å². The van der Waals surface area contributed by atoms with Gasteiger partial charge in [-0.3, -0.25) is 9.89 Å². The van der Waals surface area contributed by atoms with Crippen LogP contribution in [0.4, 0.5) is 0 Å². The van der Waals surface area contributed by atoms with Gasteiger partial charge in [0.2, 0.25) is 0 Å². The molecular weight excluding hydrogens is 300 g/mol. The molecule has 1 amide bonds. The molecule has 2 aromatic rings. The van der Waals surface area contributed by atoms with Crippen LogP contribution < -0.4 is 10.6 Å². The van der Waals surface area contributed by atoms with Crippen molar-refractivity contribution < 1.29 is 4.79 Å². The molecule has 4 rings (SSSR count). The minimum atomic E-state index is 0.0276. The maximum atomic E-state index is 12.5. The van der Waals surface area contributed by atoms with E-state index in [0.29, 0.717) is 5.92 Å². The number of rotatable bonds is 3. The lowest BCUT2D eigenvalue weighted by atomic mass is 9.89. The summed E-state index contributed by atoms with van der Waals surface area (Å²) in [4.78, 5) is 12.5. The molecule has 1 fully saturated rings. The van der Waals surface area contributed by atoms with E-state index in [-0.39, 0.29) is 11.9 Å². The first-order valence-corrected chi connectivity index (χ1v) is 8.92. The number of hydrogen-bond donors (Lipinski definition) is 3. The number of aryl methyl sites for hydroxylation is 1. The molecule has 2 heterocycles. The van der Waals surface area contributed by atoms with Crippen LogP contribution in [0.3, 0.4) is 0 Å². The maximum absolute atomic E-state index is 12.5. The quantitative estimate of drug-likeness (QED) is 0.810. The molecule has 2 aliphatic rings. The van der Waals surface area contributed by atoms with Gasteiger partial charge in [-0.25, -0.2) is 0 Å². The fourth-order valence-corrected chi connectivity index (χ4v) is 3.86. The molecule has 3 N–H and O–H groups in total. The third-order valence-electron chi connectivity index (χ3n) is 5.34. The van der Waals surface area contributed by atoms with Crippen LogP contribution in [0.15, 0.2) is 30.5 Å². The number of benzene rings is 1. The van der Waals surface area contributed by atoms with Gasteiger partial charge in [0.25, 0.3) is 5.91 Å². The largest absolute Gasteiger partial charge is 0.349 e. The zero-order valence-electron chi connectivity index (χ0n) is 13.8. The van der Waals surface area contributed by atoms with Gasteiger partial charge in [-0.05, 0) is 68.0 Å². The van der Waals surface area contributed by atoms with E-state index in [9.17, 15) is 4.79 Å².